The van der Waals surface area contributed by atoms with Gasteiger partial charge in [-0.05, 0) is 110 Å². The summed E-state index contributed by atoms with van der Waals surface area (Å²) in [5, 5.41) is 25.6. The Bertz CT molecular complexity index is 2950. The van der Waals surface area contributed by atoms with Crippen LogP contribution in [0.1, 0.15) is 306 Å². The Morgan fingerprint density at radius 3 is 0.935 bits per heavy atom. The number of nitrogens with zero attached hydrogens (tertiary/aromatic N) is 3. The molecule has 0 unspecified atom stereocenters. The van der Waals surface area contributed by atoms with Crippen LogP contribution in [-0.4, -0.2) is 130 Å². The number of hydroxylamine groups is 6. The number of hydrogen-bond donors (Lipinski definition) is 6. The van der Waals surface area contributed by atoms with Crippen molar-refractivity contribution in [2.75, 3.05) is 32.7 Å². The maximum Gasteiger partial charge on any atom is 0.333 e. The normalized spacial score (nSPS) is 13.5. The van der Waals surface area contributed by atoms with Gasteiger partial charge in [-0.1, -0.05) is 178 Å². The van der Waals surface area contributed by atoms with Crippen molar-refractivity contribution in [3.05, 3.63) is 61.8 Å². The number of terminal acetylenes is 1. The molecule has 3 aliphatic rings. The van der Waals surface area contributed by atoms with Gasteiger partial charge in [-0.3, -0.25) is 43.2 Å². The molecule has 0 radical (unpaired) electrons. The van der Waals surface area contributed by atoms with Gasteiger partial charge in [-0.2, -0.15) is 0 Å². The molecule has 3 saturated heterocycles. The third-order valence-electron chi connectivity index (χ3n) is 15.1. The Kier molecular flexibility index (Phi) is 52.4. The van der Waals surface area contributed by atoms with Crippen LogP contribution in [0.3, 0.4) is 0 Å². The van der Waals surface area contributed by atoms with Crippen LogP contribution in [0.2, 0.25) is 0 Å². The Morgan fingerprint density at radius 1 is 0.417 bits per heavy atom. The molecule has 108 heavy (non-hydrogen) atoms. The Hall–Kier alpha value is -8.43. The first-order chi connectivity index (χ1) is 49.2. The van der Waals surface area contributed by atoms with Crippen molar-refractivity contribution >= 4 is 76.7 Å². The second kappa shape index (κ2) is 53.4. The van der Waals surface area contributed by atoms with E-state index < -0.39 is 23.3 Å². The van der Waals surface area contributed by atoms with Crippen molar-refractivity contribution in [3.63, 3.8) is 0 Å². The number of aliphatic hydroxyl groups is 1. The van der Waals surface area contributed by atoms with E-state index in [1.54, 1.807) is 20.8 Å². The lowest BCUT2D eigenvalue weighted by atomic mass is 9.88. The van der Waals surface area contributed by atoms with E-state index in [4.69, 9.17) is 26.0 Å². The van der Waals surface area contributed by atoms with E-state index in [1.807, 2.05) is 0 Å². The summed E-state index contributed by atoms with van der Waals surface area (Å²) < 4.78 is 0. The summed E-state index contributed by atoms with van der Waals surface area (Å²) in [4.78, 5) is 162. The van der Waals surface area contributed by atoms with Gasteiger partial charge in [0, 0.05) is 115 Å². The van der Waals surface area contributed by atoms with Gasteiger partial charge in [0.2, 0.25) is 29.5 Å². The molecule has 0 aliphatic carbocycles. The number of aliphatic hydroxyl groups excluding tert-OH is 1. The lowest BCUT2D eigenvalue weighted by molar-refractivity contribution is -0.187. The number of amides is 8. The summed E-state index contributed by atoms with van der Waals surface area (Å²) in [6, 6.07) is 0. The van der Waals surface area contributed by atoms with E-state index in [9.17, 15) is 62.3 Å². The summed E-state index contributed by atoms with van der Waals surface area (Å²) in [5.74, 6) is 0.00781. The molecular formula is C83H142N8O17. The van der Waals surface area contributed by atoms with Crippen LogP contribution >= 0.6 is 0 Å². The number of nitrogens with one attached hydrogen (secondary N) is 5. The van der Waals surface area contributed by atoms with E-state index in [0.717, 1.165) is 66.8 Å². The van der Waals surface area contributed by atoms with Crippen molar-refractivity contribution in [2.45, 2.75) is 306 Å². The average molecular weight is 1520 g/mol. The van der Waals surface area contributed by atoms with Gasteiger partial charge >= 0.3 is 17.9 Å². The molecule has 0 spiro atoms. The lowest BCUT2D eigenvalue weighted by Gasteiger charge is -2.18. The molecule has 0 aromatic rings. The largest absolute Gasteiger partial charge is 0.513 e. The minimum atomic E-state index is -0.600. The molecular weight excluding hydrogens is 1380 g/mol. The first-order valence-corrected chi connectivity index (χ1v) is 37.7. The minimum absolute atomic E-state index is 0.00831. The van der Waals surface area contributed by atoms with Crippen molar-refractivity contribution in [3.8, 4) is 12.3 Å². The number of ketones is 2. The van der Waals surface area contributed by atoms with E-state index >= 15 is 0 Å². The molecule has 3 fully saturated rings. The Balaban J connectivity index is -0.000000597. The maximum absolute atomic E-state index is 11.6. The standard InChI is InChI=1S/C16H26N2O4.C15H24N2O4.C13H19NO4.C12H23NO2.C11H21NO2.C9H17NO.C7H12/c1-12-8-9-14(20)18(12)22-15(21)7-5-6-13(19)17-11-10-16(2,3)4;1-11-5-7-13(19)17(11)21-14(20)8-6-12(18)16-10-9-15(2,3)4;1-9-5-7-11(16)14(9)18-12(17)8-6-10(15)13(2,3)4;1-10(14)6-5-7-11(15)13-9-8-12(2,3)4;1-9(13)5-6-10(14)12-8-7-11(2,3)4;1-5-8(11)10-7-6-9(2,3)4;1-5-6-7(2,3)4/h1,5-11H2,2-4H3,(H,17,19);1,5-10H2,2-4H3,(H,16,18);1,5-8H2,2-4H3;14H,1,5-9H2,2-4H3,(H,13,15);5-8H2,1-4H3,(H,12,14);5H,1,6-7H2,2-4H3,(H,10,11);1H,6H2,2-4H3. The van der Waals surface area contributed by atoms with Gasteiger partial charge in [0.15, 0.2) is 0 Å². The summed E-state index contributed by atoms with van der Waals surface area (Å²) in [7, 11) is 0. The number of allylic oxidation sites excluding steroid dienone is 4. The van der Waals surface area contributed by atoms with Crippen molar-refractivity contribution in [2.24, 2.45) is 37.9 Å². The summed E-state index contributed by atoms with van der Waals surface area (Å²) in [6.07, 6.45) is 17.6. The third-order valence-corrected chi connectivity index (χ3v) is 15.1. The third kappa shape index (κ3) is 67.0. The molecule has 25 nitrogen and oxygen atoms in total. The summed E-state index contributed by atoms with van der Waals surface area (Å²) in [5.41, 5.74) is 2.43. The molecule has 25 heteroatoms. The van der Waals surface area contributed by atoms with Crippen LogP contribution in [0.15, 0.2) is 61.8 Å². The number of carbonyl (C=O) groups is 13. The van der Waals surface area contributed by atoms with E-state index in [0.29, 0.717) is 119 Å². The van der Waals surface area contributed by atoms with Crippen molar-refractivity contribution in [1.82, 2.24) is 41.8 Å². The number of hydrogen-bond acceptors (Lipinski definition) is 17. The molecule has 616 valence electrons. The van der Waals surface area contributed by atoms with Crippen molar-refractivity contribution < 1.29 is 81.9 Å². The molecule has 0 aromatic heterocycles. The highest BCUT2D eigenvalue weighted by Gasteiger charge is 2.31. The highest BCUT2D eigenvalue weighted by atomic mass is 16.7. The predicted molar refractivity (Wildman–Crippen MR) is 425 cm³/mol. The molecule has 3 rings (SSSR count). The van der Waals surface area contributed by atoms with E-state index in [2.05, 4.69) is 190 Å². The molecule has 3 aliphatic heterocycles. The predicted octanol–water partition coefficient (Wildman–Crippen LogP) is 14.7. The Morgan fingerprint density at radius 2 is 0.694 bits per heavy atom. The lowest BCUT2D eigenvalue weighted by Crippen LogP contribution is -2.29. The van der Waals surface area contributed by atoms with Crippen LogP contribution < -0.4 is 26.6 Å². The second-order valence-electron chi connectivity index (χ2n) is 35.2. The van der Waals surface area contributed by atoms with Crippen LogP contribution in [0.25, 0.3) is 0 Å². The molecule has 0 aromatic carbocycles. The number of rotatable bonds is 31. The first-order valence-electron chi connectivity index (χ1n) is 37.7. The second-order valence-corrected chi connectivity index (χ2v) is 35.2. The quantitative estimate of drug-likeness (QED) is 0.0213. The Labute approximate surface area is 648 Å². The molecule has 0 atom stereocenters. The molecule has 0 bridgehead atoms. The zero-order valence-electron chi connectivity index (χ0n) is 70.5. The van der Waals surface area contributed by atoms with Crippen molar-refractivity contribution in [1.29, 1.82) is 0 Å². The van der Waals surface area contributed by atoms with Crippen LogP contribution in [0.5, 0.6) is 0 Å². The smallest absolute Gasteiger partial charge is 0.333 e. The van der Waals surface area contributed by atoms with Gasteiger partial charge < -0.3 is 51.0 Å². The van der Waals surface area contributed by atoms with Crippen LogP contribution in [0, 0.1) is 50.2 Å². The number of Topliss-reactive ketones (excluding diaryl/α,β-unsaturated/α-hetero) is 2. The average Bonchev–Trinajstić information content (AvgIpc) is 1.74. The first kappa shape index (κ1) is 106. The molecule has 6 N–H and O–H groups in total. The van der Waals surface area contributed by atoms with Crippen LogP contribution in [0.4, 0.5) is 0 Å². The SMILES string of the molecule is C#CCC(C)(C)C.C=C(O)CCCC(=O)NCCC(C)(C)C.C=C1CCC(=O)N1OC(=O)CCC(=O)C(C)(C)C.C=C1CCC(=O)N1OC(=O)CCC(=O)NCCC(C)(C)C.C=C1CCC(=O)N1OC(=O)CCCC(=O)NCCC(C)(C)C.C=CC(=O)NCCC(C)(C)C.CC(=O)CCC(=O)NCCC(C)(C)C. The zero-order valence-corrected chi connectivity index (χ0v) is 70.5. The summed E-state index contributed by atoms with van der Waals surface area (Å²) in [6.45, 7) is 66.2. The molecule has 8 amide bonds. The molecule has 3 heterocycles. The van der Waals surface area contributed by atoms with E-state index in [-0.39, 0.29) is 130 Å². The van der Waals surface area contributed by atoms with Crippen LogP contribution in [-0.2, 0) is 76.8 Å². The van der Waals surface area contributed by atoms with Gasteiger partial charge in [0.25, 0.3) is 17.7 Å². The van der Waals surface area contributed by atoms with Gasteiger partial charge in [-0.25, -0.2) is 14.4 Å². The fourth-order valence-corrected chi connectivity index (χ4v) is 8.22. The van der Waals surface area contributed by atoms with Gasteiger partial charge in [0.1, 0.15) is 11.6 Å². The monoisotopic (exact) mass is 1520 g/mol. The zero-order chi connectivity index (χ0) is 84.6. The number of carbonyl (C=O) groups excluding carboxylic acids is 13. The fraction of sp³-hybridized carbons (Fsp3) is 0.699. The highest BCUT2D eigenvalue weighted by Crippen LogP contribution is 2.26. The van der Waals surface area contributed by atoms with Gasteiger partial charge in [-0.15, -0.1) is 27.5 Å². The molecule has 0 saturated carbocycles. The van der Waals surface area contributed by atoms with E-state index in [1.165, 1.54) is 13.0 Å². The fourth-order valence-electron chi connectivity index (χ4n) is 8.22. The topological polar surface area (TPSA) is 340 Å². The van der Waals surface area contributed by atoms with Gasteiger partial charge in [0.05, 0.1) is 35.7 Å². The summed E-state index contributed by atoms with van der Waals surface area (Å²) >= 11 is 0. The maximum atomic E-state index is 11.6. The highest BCUT2D eigenvalue weighted by molar-refractivity contribution is 5.89. The minimum Gasteiger partial charge on any atom is -0.513 e.